The van der Waals surface area contributed by atoms with E-state index in [1.165, 1.54) is 0 Å². The van der Waals surface area contributed by atoms with Crippen molar-refractivity contribution in [2.24, 2.45) is 5.92 Å². The van der Waals surface area contributed by atoms with Gasteiger partial charge in [-0.15, -0.1) is 0 Å². The molecule has 22 heavy (non-hydrogen) atoms. The van der Waals surface area contributed by atoms with Gasteiger partial charge in [0.1, 0.15) is 0 Å². The zero-order valence-corrected chi connectivity index (χ0v) is 13.1. The highest BCUT2D eigenvalue weighted by Gasteiger charge is 2.65. The van der Waals surface area contributed by atoms with E-state index in [1.807, 2.05) is 0 Å². The topological polar surface area (TPSA) is 88.4 Å². The average Bonchev–Trinajstić information content (AvgIpc) is 2.48. The van der Waals surface area contributed by atoms with Crippen molar-refractivity contribution >= 4 is 0 Å². The summed E-state index contributed by atoms with van der Waals surface area (Å²) in [4.78, 5) is 0. The van der Waals surface area contributed by atoms with E-state index in [9.17, 15) is 0 Å². The smallest absolute Gasteiger partial charge is 0.0741 e. The Hall–Kier alpha value is -0.240. The molecule has 0 radical (unpaired) electrons. The van der Waals surface area contributed by atoms with Crippen LogP contribution in [-0.4, -0.2) is 71.8 Å². The number of hydrogen-bond acceptors (Lipinski definition) is 6. The number of aliphatic hydroxyl groups is 3. The van der Waals surface area contributed by atoms with Gasteiger partial charge in [-0.1, -0.05) is 0 Å². The highest BCUT2D eigenvalue weighted by molar-refractivity contribution is 5.17. The third kappa shape index (κ3) is 3.05. The van der Waals surface area contributed by atoms with Gasteiger partial charge < -0.3 is 29.5 Å². The fourth-order valence-corrected chi connectivity index (χ4v) is 5.45. The molecular weight excluding hydrogens is 288 g/mol. The Morgan fingerprint density at radius 1 is 0.636 bits per heavy atom. The highest BCUT2D eigenvalue weighted by atomic mass is 16.5. The maximum absolute atomic E-state index is 9.13. The molecule has 0 aliphatic heterocycles. The van der Waals surface area contributed by atoms with E-state index < -0.39 is 0 Å². The fraction of sp³-hybridized carbons (Fsp3) is 1.00. The van der Waals surface area contributed by atoms with Gasteiger partial charge in [-0.2, -0.15) is 0 Å². The molecule has 0 saturated heterocycles. The molecule has 0 aromatic rings. The van der Waals surface area contributed by atoms with Gasteiger partial charge in [-0.25, -0.2) is 0 Å². The lowest BCUT2D eigenvalue weighted by atomic mass is 9.50. The van der Waals surface area contributed by atoms with Crippen molar-refractivity contribution in [1.29, 1.82) is 0 Å². The first-order valence-electron chi connectivity index (χ1n) is 8.33. The molecule has 6 heteroatoms. The largest absolute Gasteiger partial charge is 0.394 e. The van der Waals surface area contributed by atoms with Crippen LogP contribution in [0.2, 0.25) is 0 Å². The van der Waals surface area contributed by atoms with Crippen LogP contribution in [0.5, 0.6) is 0 Å². The molecule has 6 nitrogen and oxygen atoms in total. The van der Waals surface area contributed by atoms with E-state index in [0.29, 0.717) is 25.7 Å². The molecule has 0 amide bonds. The molecule has 4 bridgehead atoms. The summed E-state index contributed by atoms with van der Waals surface area (Å²) in [6.45, 7) is 1.04. The Bertz CT molecular complexity index is 322. The van der Waals surface area contributed by atoms with Crippen LogP contribution >= 0.6 is 0 Å². The van der Waals surface area contributed by atoms with Crippen LogP contribution in [0.15, 0.2) is 0 Å². The van der Waals surface area contributed by atoms with Gasteiger partial charge in [0.25, 0.3) is 0 Å². The lowest BCUT2D eigenvalue weighted by Gasteiger charge is -2.65. The first kappa shape index (κ1) is 16.6. The Morgan fingerprint density at radius 3 is 1.23 bits per heavy atom. The number of rotatable bonds is 9. The predicted molar refractivity (Wildman–Crippen MR) is 78.5 cm³/mol. The fourth-order valence-electron chi connectivity index (χ4n) is 5.45. The zero-order chi connectivity index (χ0) is 15.7. The van der Waals surface area contributed by atoms with Crippen molar-refractivity contribution in [3.05, 3.63) is 0 Å². The van der Waals surface area contributed by atoms with E-state index in [2.05, 4.69) is 0 Å². The lowest BCUT2D eigenvalue weighted by molar-refractivity contribution is -0.293. The SMILES string of the molecule is OCCOC12CC3CC(OCCO)(C1)CC(OCCO)(C3)C2. The second kappa shape index (κ2) is 6.34. The van der Waals surface area contributed by atoms with Crippen LogP contribution in [0, 0.1) is 5.92 Å². The van der Waals surface area contributed by atoms with Crippen molar-refractivity contribution in [2.75, 3.05) is 39.6 Å². The summed E-state index contributed by atoms with van der Waals surface area (Å²) < 4.78 is 18.2. The Morgan fingerprint density at radius 2 is 0.955 bits per heavy atom. The second-order valence-corrected chi connectivity index (χ2v) is 7.27. The van der Waals surface area contributed by atoms with Crippen LogP contribution in [-0.2, 0) is 14.2 Å². The summed E-state index contributed by atoms with van der Waals surface area (Å²) in [5.41, 5.74) is -0.896. The molecule has 0 heterocycles. The molecule has 4 fully saturated rings. The molecule has 0 unspecified atom stereocenters. The van der Waals surface area contributed by atoms with E-state index in [0.717, 1.165) is 38.5 Å². The van der Waals surface area contributed by atoms with Crippen molar-refractivity contribution in [1.82, 2.24) is 0 Å². The maximum atomic E-state index is 9.13. The van der Waals surface area contributed by atoms with Crippen molar-refractivity contribution in [3.8, 4) is 0 Å². The first-order chi connectivity index (χ1) is 10.6. The Balaban J connectivity index is 1.82. The van der Waals surface area contributed by atoms with Gasteiger partial charge in [0.15, 0.2) is 0 Å². The molecule has 4 aliphatic rings. The summed E-state index contributed by atoms with van der Waals surface area (Å²) in [5.74, 6) is 0.479. The molecule has 0 aromatic carbocycles. The third-order valence-electron chi connectivity index (χ3n) is 5.41. The van der Waals surface area contributed by atoms with Crippen LogP contribution in [0.3, 0.4) is 0 Å². The molecule has 4 saturated carbocycles. The molecule has 3 N–H and O–H groups in total. The molecule has 0 spiro atoms. The number of hydrogen-bond donors (Lipinski definition) is 3. The van der Waals surface area contributed by atoms with E-state index in [1.54, 1.807) is 0 Å². The lowest BCUT2D eigenvalue weighted by Crippen LogP contribution is -2.68. The highest BCUT2D eigenvalue weighted by Crippen LogP contribution is 2.62. The van der Waals surface area contributed by atoms with Crippen molar-refractivity contribution < 1.29 is 29.5 Å². The van der Waals surface area contributed by atoms with Gasteiger partial charge in [-0.05, 0) is 25.2 Å². The summed E-state index contributed by atoms with van der Waals surface area (Å²) in [6.07, 6.45) is 5.38. The average molecular weight is 316 g/mol. The van der Waals surface area contributed by atoms with Crippen molar-refractivity contribution in [3.63, 3.8) is 0 Å². The van der Waals surface area contributed by atoms with E-state index in [4.69, 9.17) is 29.5 Å². The van der Waals surface area contributed by atoms with Crippen molar-refractivity contribution in [2.45, 2.75) is 55.3 Å². The molecule has 128 valence electrons. The molecule has 4 aliphatic carbocycles. The minimum atomic E-state index is -0.299. The van der Waals surface area contributed by atoms with Crippen LogP contribution < -0.4 is 0 Å². The van der Waals surface area contributed by atoms with E-state index in [-0.39, 0.29) is 36.6 Å². The van der Waals surface area contributed by atoms with Gasteiger partial charge in [0, 0.05) is 19.3 Å². The minimum Gasteiger partial charge on any atom is -0.394 e. The quantitative estimate of drug-likeness (QED) is 0.564. The minimum absolute atomic E-state index is 0.0153. The second-order valence-electron chi connectivity index (χ2n) is 7.27. The molecule has 0 aromatic heterocycles. The summed E-state index contributed by atoms with van der Waals surface area (Å²) in [5, 5.41) is 27.4. The Labute approximate surface area is 131 Å². The number of aliphatic hydroxyl groups excluding tert-OH is 3. The van der Waals surface area contributed by atoms with E-state index >= 15 is 0 Å². The molecular formula is C16H28O6. The number of ether oxygens (including phenoxy) is 3. The third-order valence-corrected chi connectivity index (χ3v) is 5.41. The molecule has 0 atom stereocenters. The van der Waals surface area contributed by atoms with Gasteiger partial charge >= 0.3 is 0 Å². The predicted octanol–water partition coefficient (Wildman–Crippen LogP) is 0.227. The van der Waals surface area contributed by atoms with Crippen LogP contribution in [0.25, 0.3) is 0 Å². The normalized spacial score (nSPS) is 43.0. The molecule has 4 rings (SSSR count). The van der Waals surface area contributed by atoms with Crippen LogP contribution in [0.1, 0.15) is 38.5 Å². The standard InChI is InChI=1S/C16H28O6/c17-1-4-20-14-7-13-8-15(10-14,21-5-2-18)12-16(9-13,11-14)22-6-3-19/h13,17-19H,1-12H2. The zero-order valence-electron chi connectivity index (χ0n) is 13.1. The summed E-state index contributed by atoms with van der Waals surface area (Å²) in [6, 6.07) is 0. The first-order valence-corrected chi connectivity index (χ1v) is 8.33. The Kier molecular flexibility index (Phi) is 4.79. The van der Waals surface area contributed by atoms with Gasteiger partial charge in [0.05, 0.1) is 56.4 Å². The maximum Gasteiger partial charge on any atom is 0.0741 e. The monoisotopic (exact) mass is 316 g/mol. The summed E-state index contributed by atoms with van der Waals surface area (Å²) >= 11 is 0. The van der Waals surface area contributed by atoms with Gasteiger partial charge in [0.2, 0.25) is 0 Å². The summed E-state index contributed by atoms with van der Waals surface area (Å²) in [7, 11) is 0. The van der Waals surface area contributed by atoms with Gasteiger partial charge in [-0.3, -0.25) is 0 Å². The van der Waals surface area contributed by atoms with Crippen LogP contribution in [0.4, 0.5) is 0 Å².